The van der Waals surface area contributed by atoms with Gasteiger partial charge < -0.3 is 16.0 Å². The van der Waals surface area contributed by atoms with Gasteiger partial charge in [0.2, 0.25) is 11.8 Å². The molecule has 1 aliphatic heterocycles. The quantitative estimate of drug-likeness (QED) is 0.781. The first-order valence-corrected chi connectivity index (χ1v) is 7.48. The highest BCUT2D eigenvalue weighted by molar-refractivity contribution is 5.88. The summed E-state index contributed by atoms with van der Waals surface area (Å²) >= 11 is 0. The topological polar surface area (TPSA) is 75.4 Å². The summed E-state index contributed by atoms with van der Waals surface area (Å²) in [6, 6.07) is 0.402. The minimum absolute atomic E-state index is 0.0389. The molecule has 1 saturated heterocycles. The van der Waals surface area contributed by atoms with Crippen LogP contribution in [0, 0.1) is 0 Å². The molecule has 0 radical (unpaired) electrons. The van der Waals surface area contributed by atoms with Crippen molar-refractivity contribution in [2.45, 2.75) is 69.0 Å². The van der Waals surface area contributed by atoms with Crippen LogP contribution in [-0.2, 0) is 9.59 Å². The van der Waals surface area contributed by atoms with Gasteiger partial charge in [-0.3, -0.25) is 9.59 Å². The van der Waals surface area contributed by atoms with E-state index in [0.29, 0.717) is 19.0 Å². The van der Waals surface area contributed by atoms with Gasteiger partial charge in [-0.05, 0) is 25.7 Å². The lowest BCUT2D eigenvalue weighted by Gasteiger charge is -2.32. The van der Waals surface area contributed by atoms with Crippen molar-refractivity contribution in [1.29, 1.82) is 0 Å². The zero-order valence-electron chi connectivity index (χ0n) is 11.4. The molecule has 0 aromatic carbocycles. The van der Waals surface area contributed by atoms with E-state index >= 15 is 0 Å². The van der Waals surface area contributed by atoms with Crippen molar-refractivity contribution in [3.63, 3.8) is 0 Å². The van der Waals surface area contributed by atoms with Crippen LogP contribution >= 0.6 is 0 Å². The van der Waals surface area contributed by atoms with E-state index in [1.165, 1.54) is 6.42 Å². The van der Waals surface area contributed by atoms with Gasteiger partial charge in [-0.15, -0.1) is 0 Å². The van der Waals surface area contributed by atoms with E-state index in [4.69, 9.17) is 5.73 Å². The van der Waals surface area contributed by atoms with Crippen molar-refractivity contribution in [3.05, 3.63) is 0 Å². The number of nitrogens with one attached hydrogen (secondary N) is 1. The summed E-state index contributed by atoms with van der Waals surface area (Å²) in [5.74, 6) is 0.130. The predicted molar refractivity (Wildman–Crippen MR) is 71.3 cm³/mol. The van der Waals surface area contributed by atoms with E-state index in [-0.39, 0.29) is 17.9 Å². The largest absolute Gasteiger partial charge is 0.349 e. The molecule has 1 atom stereocenters. The van der Waals surface area contributed by atoms with Crippen LogP contribution in [0.25, 0.3) is 0 Å². The van der Waals surface area contributed by atoms with Crippen LogP contribution in [0.2, 0.25) is 0 Å². The lowest BCUT2D eigenvalue weighted by molar-refractivity contribution is -0.128. The Morgan fingerprint density at radius 3 is 2.58 bits per heavy atom. The minimum Gasteiger partial charge on any atom is -0.349 e. The zero-order valence-corrected chi connectivity index (χ0v) is 11.4. The first-order chi connectivity index (χ1) is 9.08. The van der Waals surface area contributed by atoms with Crippen LogP contribution in [0.4, 0.5) is 0 Å². The van der Waals surface area contributed by atoms with Gasteiger partial charge in [0.05, 0.1) is 11.6 Å². The summed E-state index contributed by atoms with van der Waals surface area (Å²) in [6.07, 6.45) is 7.45. The molecule has 0 aromatic heterocycles. The Labute approximate surface area is 113 Å². The molecule has 2 aliphatic carbocycles. The average Bonchev–Trinajstić information content (AvgIpc) is 3.15. The summed E-state index contributed by atoms with van der Waals surface area (Å²) in [4.78, 5) is 26.1. The van der Waals surface area contributed by atoms with E-state index in [0.717, 1.165) is 38.5 Å². The van der Waals surface area contributed by atoms with Gasteiger partial charge in [0.1, 0.15) is 0 Å². The summed E-state index contributed by atoms with van der Waals surface area (Å²) in [5.41, 5.74) is 5.51. The Morgan fingerprint density at radius 2 is 1.95 bits per heavy atom. The number of nitrogens with two attached hydrogens (primary N) is 1. The van der Waals surface area contributed by atoms with Gasteiger partial charge in [0, 0.05) is 19.0 Å². The second-order valence-corrected chi connectivity index (χ2v) is 6.37. The van der Waals surface area contributed by atoms with Crippen LogP contribution in [0.3, 0.4) is 0 Å². The Bertz CT molecular complexity index is 386. The summed E-state index contributed by atoms with van der Waals surface area (Å²) in [5, 5.41) is 3.01. The van der Waals surface area contributed by atoms with Gasteiger partial charge in [0.25, 0.3) is 0 Å². The number of nitrogens with zero attached hydrogens (tertiary/aromatic N) is 1. The van der Waals surface area contributed by atoms with E-state index in [9.17, 15) is 9.59 Å². The van der Waals surface area contributed by atoms with Gasteiger partial charge >= 0.3 is 0 Å². The molecule has 3 N–H and O–H groups in total. The lowest BCUT2D eigenvalue weighted by Crippen LogP contribution is -2.57. The number of amides is 2. The van der Waals surface area contributed by atoms with Gasteiger partial charge in [-0.25, -0.2) is 0 Å². The Morgan fingerprint density at radius 1 is 1.26 bits per heavy atom. The molecule has 1 heterocycles. The van der Waals surface area contributed by atoms with E-state index < -0.39 is 5.54 Å². The molecule has 19 heavy (non-hydrogen) atoms. The summed E-state index contributed by atoms with van der Waals surface area (Å²) < 4.78 is 0. The van der Waals surface area contributed by atoms with Crippen LogP contribution in [0.15, 0.2) is 0 Å². The molecule has 3 aliphatic rings. The fourth-order valence-corrected chi connectivity index (χ4v) is 3.31. The first kappa shape index (κ1) is 12.9. The number of carbonyl (C=O) groups is 2. The molecule has 106 valence electrons. The number of likely N-dealkylation sites (tertiary alicyclic amines) is 1. The monoisotopic (exact) mass is 265 g/mol. The predicted octanol–water partition coefficient (Wildman–Crippen LogP) is 0.527. The highest BCUT2D eigenvalue weighted by Crippen LogP contribution is 2.31. The molecule has 3 fully saturated rings. The van der Waals surface area contributed by atoms with Crippen molar-refractivity contribution in [2.24, 2.45) is 5.73 Å². The third kappa shape index (κ3) is 2.61. The average molecular weight is 265 g/mol. The fraction of sp³-hybridized carbons (Fsp3) is 0.857. The van der Waals surface area contributed by atoms with Crippen LogP contribution in [0.5, 0.6) is 0 Å². The Kier molecular flexibility index (Phi) is 3.25. The standard InChI is InChI=1S/C14H23N3O2/c15-14(6-2-1-3-7-14)13(19)16-10-8-12(18)17(9-10)11-4-5-11/h10-11H,1-9,15H2,(H,16,19). The fourth-order valence-electron chi connectivity index (χ4n) is 3.31. The number of hydrogen-bond acceptors (Lipinski definition) is 3. The zero-order chi connectivity index (χ0) is 13.5. The second kappa shape index (κ2) is 4.78. The molecule has 0 spiro atoms. The minimum atomic E-state index is -0.700. The molecule has 0 bridgehead atoms. The molecule has 2 saturated carbocycles. The van der Waals surface area contributed by atoms with Crippen LogP contribution < -0.4 is 11.1 Å². The third-order valence-corrected chi connectivity index (χ3v) is 4.68. The molecule has 5 nitrogen and oxygen atoms in total. The summed E-state index contributed by atoms with van der Waals surface area (Å²) in [7, 11) is 0. The molecule has 3 rings (SSSR count). The first-order valence-electron chi connectivity index (χ1n) is 7.48. The third-order valence-electron chi connectivity index (χ3n) is 4.68. The van der Waals surface area contributed by atoms with E-state index in [1.807, 2.05) is 4.90 Å². The Balaban J connectivity index is 1.56. The smallest absolute Gasteiger partial charge is 0.240 e. The number of carbonyl (C=O) groups excluding carboxylic acids is 2. The second-order valence-electron chi connectivity index (χ2n) is 6.37. The normalized spacial score (nSPS) is 30.5. The van der Waals surface area contributed by atoms with E-state index in [2.05, 4.69) is 5.32 Å². The van der Waals surface area contributed by atoms with E-state index in [1.54, 1.807) is 0 Å². The van der Waals surface area contributed by atoms with Crippen LogP contribution in [0.1, 0.15) is 51.4 Å². The molecule has 1 unspecified atom stereocenters. The van der Waals surface area contributed by atoms with Crippen LogP contribution in [-0.4, -0.2) is 40.9 Å². The summed E-state index contributed by atoms with van der Waals surface area (Å²) in [6.45, 7) is 0.672. The SMILES string of the molecule is NC1(C(=O)NC2CC(=O)N(C3CC3)C2)CCCCC1. The maximum atomic E-state index is 12.3. The van der Waals surface area contributed by atoms with Crippen molar-refractivity contribution in [3.8, 4) is 0 Å². The Hall–Kier alpha value is -1.10. The molecular formula is C14H23N3O2. The molecule has 2 amide bonds. The molecule has 5 heteroatoms. The van der Waals surface area contributed by atoms with Crippen molar-refractivity contribution in [2.75, 3.05) is 6.54 Å². The van der Waals surface area contributed by atoms with Crippen molar-refractivity contribution >= 4 is 11.8 Å². The highest BCUT2D eigenvalue weighted by atomic mass is 16.2. The maximum Gasteiger partial charge on any atom is 0.240 e. The van der Waals surface area contributed by atoms with Gasteiger partial charge in [-0.1, -0.05) is 19.3 Å². The number of rotatable bonds is 3. The van der Waals surface area contributed by atoms with Gasteiger partial charge in [-0.2, -0.15) is 0 Å². The molecular weight excluding hydrogens is 242 g/mol. The van der Waals surface area contributed by atoms with Gasteiger partial charge in [0.15, 0.2) is 0 Å². The number of hydrogen-bond donors (Lipinski definition) is 2. The lowest BCUT2D eigenvalue weighted by atomic mass is 9.81. The van der Waals surface area contributed by atoms with Crippen molar-refractivity contribution < 1.29 is 9.59 Å². The highest BCUT2D eigenvalue weighted by Gasteiger charge is 2.42. The molecule has 0 aromatic rings. The maximum absolute atomic E-state index is 12.3. The van der Waals surface area contributed by atoms with Crippen molar-refractivity contribution in [1.82, 2.24) is 10.2 Å².